The molecular weight excluding hydrogens is 364 g/mol. The second kappa shape index (κ2) is 7.67. The van der Waals surface area contributed by atoms with E-state index in [-0.39, 0.29) is 17.9 Å². The Labute approximate surface area is 144 Å². The number of anilines is 1. The predicted octanol–water partition coefficient (Wildman–Crippen LogP) is 4.92. The van der Waals surface area contributed by atoms with Crippen molar-refractivity contribution in [2.24, 2.45) is 0 Å². The first kappa shape index (κ1) is 19.6. The summed E-state index contributed by atoms with van der Waals surface area (Å²) in [6, 6.07) is 4.43. The number of benzene rings is 2. The molecule has 140 valence electrons. The Bertz CT molecular complexity index is 806. The summed E-state index contributed by atoms with van der Waals surface area (Å²) in [5.41, 5.74) is -1.84. The Morgan fingerprint density at radius 3 is 2.35 bits per heavy atom. The number of nitrogens with one attached hydrogen (secondary N) is 1. The van der Waals surface area contributed by atoms with Gasteiger partial charge < -0.3 is 10.1 Å². The van der Waals surface area contributed by atoms with E-state index in [2.05, 4.69) is 5.32 Å². The van der Waals surface area contributed by atoms with Gasteiger partial charge >= 0.3 is 6.18 Å². The van der Waals surface area contributed by atoms with Crippen molar-refractivity contribution in [3.8, 4) is 5.75 Å². The highest BCUT2D eigenvalue weighted by Gasteiger charge is 2.34. The molecule has 1 atom stereocenters. The van der Waals surface area contributed by atoms with Crippen molar-refractivity contribution in [3.63, 3.8) is 0 Å². The highest BCUT2D eigenvalue weighted by atomic mass is 19.4. The minimum atomic E-state index is -4.93. The quantitative estimate of drug-likeness (QED) is 0.752. The number of alkyl halides is 3. The molecule has 0 bridgehead atoms. The van der Waals surface area contributed by atoms with E-state index in [4.69, 9.17) is 4.74 Å². The van der Waals surface area contributed by atoms with Crippen LogP contribution < -0.4 is 10.1 Å². The first-order chi connectivity index (χ1) is 12.1. The van der Waals surface area contributed by atoms with Crippen LogP contribution in [0.3, 0.4) is 0 Å². The molecule has 0 aromatic heterocycles. The fourth-order valence-corrected chi connectivity index (χ4v) is 2.09. The first-order valence-corrected chi connectivity index (χ1v) is 7.41. The molecule has 0 fully saturated rings. The van der Waals surface area contributed by atoms with E-state index in [1.165, 1.54) is 6.92 Å². The van der Waals surface area contributed by atoms with Gasteiger partial charge in [0.1, 0.15) is 23.2 Å². The molecule has 2 rings (SSSR count). The number of amides is 1. The lowest BCUT2D eigenvalue weighted by atomic mass is 10.2. The molecule has 0 aliphatic rings. The van der Waals surface area contributed by atoms with Crippen molar-refractivity contribution in [1.82, 2.24) is 0 Å². The van der Waals surface area contributed by atoms with Crippen LogP contribution in [0.1, 0.15) is 18.9 Å². The maximum absolute atomic E-state index is 13.6. The summed E-state index contributed by atoms with van der Waals surface area (Å²) < 4.78 is 83.1. The Hall–Kier alpha value is -2.71. The number of rotatable bonds is 5. The van der Waals surface area contributed by atoms with Crippen molar-refractivity contribution >= 4 is 11.6 Å². The lowest BCUT2D eigenvalue weighted by Crippen LogP contribution is -2.32. The minimum Gasteiger partial charge on any atom is -0.481 e. The Morgan fingerprint density at radius 2 is 1.77 bits per heavy atom. The molecule has 0 aliphatic heterocycles. The molecule has 0 saturated carbocycles. The van der Waals surface area contributed by atoms with E-state index >= 15 is 0 Å². The molecule has 2 aromatic rings. The molecule has 3 nitrogen and oxygen atoms in total. The molecule has 26 heavy (non-hydrogen) atoms. The highest BCUT2D eigenvalue weighted by Crippen LogP contribution is 2.34. The van der Waals surface area contributed by atoms with Gasteiger partial charge in [-0.25, -0.2) is 13.2 Å². The molecule has 0 radical (unpaired) electrons. The van der Waals surface area contributed by atoms with Crippen molar-refractivity contribution in [1.29, 1.82) is 0 Å². The van der Waals surface area contributed by atoms with Crippen LogP contribution in [0.25, 0.3) is 0 Å². The zero-order chi connectivity index (χ0) is 19.5. The summed E-state index contributed by atoms with van der Waals surface area (Å²) in [5.74, 6) is -4.56. The molecule has 9 heteroatoms. The van der Waals surface area contributed by atoms with E-state index in [9.17, 15) is 31.1 Å². The summed E-state index contributed by atoms with van der Waals surface area (Å²) in [5, 5.41) is 2.16. The Kier molecular flexibility index (Phi) is 5.79. The van der Waals surface area contributed by atoms with Crippen LogP contribution in [0.4, 0.5) is 32.0 Å². The van der Waals surface area contributed by atoms with Crippen molar-refractivity contribution < 1.29 is 35.9 Å². The van der Waals surface area contributed by atoms with Gasteiger partial charge in [-0.15, -0.1) is 0 Å². The van der Waals surface area contributed by atoms with Crippen LogP contribution in [-0.4, -0.2) is 12.0 Å². The molecule has 2 aromatic carbocycles. The number of hydrogen-bond donors (Lipinski definition) is 1. The summed E-state index contributed by atoms with van der Waals surface area (Å²) in [6.07, 6.45) is -6.16. The predicted molar refractivity (Wildman–Crippen MR) is 81.1 cm³/mol. The number of halogens is 6. The normalized spacial score (nSPS) is 12.6. The average Bonchev–Trinajstić information content (AvgIpc) is 2.55. The van der Waals surface area contributed by atoms with Crippen LogP contribution in [-0.2, 0) is 11.0 Å². The van der Waals surface area contributed by atoms with Crippen molar-refractivity contribution in [2.45, 2.75) is 25.6 Å². The van der Waals surface area contributed by atoms with Crippen LogP contribution in [0.15, 0.2) is 36.4 Å². The molecule has 0 saturated heterocycles. The molecule has 0 aliphatic carbocycles. The number of carbonyl (C=O) groups excluding carboxylic acids is 1. The second-order valence-electron chi connectivity index (χ2n) is 5.27. The fraction of sp³-hybridized carbons (Fsp3) is 0.235. The SMILES string of the molecule is CC[C@H](Oc1ccc(F)c(C(F)(F)F)c1)C(=O)Nc1ccc(F)cc1F. The van der Waals surface area contributed by atoms with Gasteiger partial charge in [0.05, 0.1) is 11.3 Å². The lowest BCUT2D eigenvalue weighted by molar-refractivity contribution is -0.140. The van der Waals surface area contributed by atoms with Gasteiger partial charge in [-0.3, -0.25) is 4.79 Å². The van der Waals surface area contributed by atoms with Gasteiger partial charge in [0.15, 0.2) is 6.10 Å². The zero-order valence-electron chi connectivity index (χ0n) is 13.3. The molecule has 1 N–H and O–H groups in total. The topological polar surface area (TPSA) is 38.3 Å². The Morgan fingerprint density at radius 1 is 1.08 bits per heavy atom. The van der Waals surface area contributed by atoms with Crippen LogP contribution in [0, 0.1) is 17.5 Å². The monoisotopic (exact) mass is 377 g/mol. The smallest absolute Gasteiger partial charge is 0.419 e. The maximum Gasteiger partial charge on any atom is 0.419 e. The second-order valence-corrected chi connectivity index (χ2v) is 5.27. The fourth-order valence-electron chi connectivity index (χ4n) is 2.09. The summed E-state index contributed by atoms with van der Waals surface area (Å²) in [7, 11) is 0. The van der Waals surface area contributed by atoms with Gasteiger partial charge in [0.25, 0.3) is 5.91 Å². The third kappa shape index (κ3) is 4.68. The van der Waals surface area contributed by atoms with Crippen molar-refractivity contribution in [3.05, 3.63) is 59.4 Å². The molecule has 0 spiro atoms. The number of ether oxygens (including phenoxy) is 1. The van der Waals surface area contributed by atoms with Gasteiger partial charge in [-0.1, -0.05) is 6.92 Å². The number of hydrogen-bond acceptors (Lipinski definition) is 2. The van der Waals surface area contributed by atoms with Crippen LogP contribution in [0.5, 0.6) is 5.75 Å². The third-order valence-electron chi connectivity index (χ3n) is 3.37. The third-order valence-corrected chi connectivity index (χ3v) is 3.37. The zero-order valence-corrected chi connectivity index (χ0v) is 13.3. The highest BCUT2D eigenvalue weighted by molar-refractivity contribution is 5.94. The van der Waals surface area contributed by atoms with Gasteiger partial charge in [0.2, 0.25) is 0 Å². The summed E-state index contributed by atoms with van der Waals surface area (Å²) >= 11 is 0. The standard InChI is InChI=1S/C17H13F6NO2/c1-2-15(16(25)24-14-6-3-9(18)7-13(14)20)26-10-4-5-12(19)11(8-10)17(21,22)23/h3-8,15H,2H2,1H3,(H,24,25)/t15-/m0/s1. The van der Waals surface area contributed by atoms with E-state index in [1.807, 2.05) is 0 Å². The molecule has 0 unspecified atom stereocenters. The van der Waals surface area contributed by atoms with Gasteiger partial charge in [-0.2, -0.15) is 13.2 Å². The van der Waals surface area contributed by atoms with E-state index in [1.54, 1.807) is 0 Å². The largest absolute Gasteiger partial charge is 0.481 e. The lowest BCUT2D eigenvalue weighted by Gasteiger charge is -2.18. The Balaban J connectivity index is 2.17. The minimum absolute atomic E-state index is 0.0351. The maximum atomic E-state index is 13.6. The van der Waals surface area contributed by atoms with Crippen LogP contribution in [0.2, 0.25) is 0 Å². The molecular formula is C17H13F6NO2. The molecule has 1 amide bonds. The van der Waals surface area contributed by atoms with Crippen molar-refractivity contribution in [2.75, 3.05) is 5.32 Å². The van der Waals surface area contributed by atoms with E-state index < -0.39 is 41.2 Å². The van der Waals surface area contributed by atoms with E-state index in [0.717, 1.165) is 18.2 Å². The molecule has 0 heterocycles. The van der Waals surface area contributed by atoms with Gasteiger partial charge in [0, 0.05) is 6.07 Å². The number of carbonyl (C=O) groups is 1. The summed E-state index contributed by atoms with van der Waals surface area (Å²) in [6.45, 7) is 1.51. The first-order valence-electron chi connectivity index (χ1n) is 7.41. The van der Waals surface area contributed by atoms with E-state index in [0.29, 0.717) is 18.2 Å². The average molecular weight is 377 g/mol. The van der Waals surface area contributed by atoms with Crippen LogP contribution >= 0.6 is 0 Å². The van der Waals surface area contributed by atoms with Gasteiger partial charge in [-0.05, 0) is 36.8 Å². The summed E-state index contributed by atoms with van der Waals surface area (Å²) in [4.78, 5) is 12.1.